The summed E-state index contributed by atoms with van der Waals surface area (Å²) in [6, 6.07) is 7.24. The lowest BCUT2D eigenvalue weighted by Crippen LogP contribution is -2.45. The van der Waals surface area contributed by atoms with Crippen molar-refractivity contribution in [2.45, 2.75) is 65.7 Å². The van der Waals surface area contributed by atoms with Crippen LogP contribution in [-0.2, 0) is 20.9 Å². The molecule has 1 aromatic carbocycles. The maximum absolute atomic E-state index is 12.1. The number of carbonyl (C=O) groups excluding carboxylic acids is 2. The fraction of sp³-hybridized carbons (Fsp3) is 0.619. The Labute approximate surface area is 156 Å². The third kappa shape index (κ3) is 6.13. The van der Waals surface area contributed by atoms with Crippen LogP contribution in [0, 0.1) is 11.8 Å². The van der Waals surface area contributed by atoms with Crippen LogP contribution in [0.1, 0.15) is 62.9 Å². The average Bonchev–Trinajstić information content (AvgIpc) is 2.62. The second kappa shape index (κ2) is 9.72. The fourth-order valence-corrected chi connectivity index (χ4v) is 3.25. The van der Waals surface area contributed by atoms with E-state index in [1.54, 1.807) is 12.1 Å². The van der Waals surface area contributed by atoms with Crippen LogP contribution in [0.25, 0.3) is 0 Å². The Balaban J connectivity index is 1.77. The van der Waals surface area contributed by atoms with Crippen molar-refractivity contribution in [2.24, 2.45) is 11.8 Å². The maximum atomic E-state index is 12.1. The zero-order chi connectivity index (χ0) is 19.1. The summed E-state index contributed by atoms with van der Waals surface area (Å²) >= 11 is 0. The largest absolute Gasteiger partial charge is 0.452 e. The Bertz CT molecular complexity index is 597. The molecule has 1 aliphatic rings. The normalized spacial score (nSPS) is 22.9. The van der Waals surface area contributed by atoms with Crippen molar-refractivity contribution in [1.82, 2.24) is 5.32 Å². The number of nitrogens with one attached hydrogen (secondary N) is 1. The average molecular weight is 361 g/mol. The molecule has 144 valence electrons. The molecule has 26 heavy (non-hydrogen) atoms. The molecule has 3 atom stereocenters. The lowest BCUT2D eigenvalue weighted by molar-refractivity contribution is -0.125. The number of hydrogen-bond donors (Lipinski definition) is 1. The van der Waals surface area contributed by atoms with E-state index in [4.69, 9.17) is 9.47 Å². The second-order valence-corrected chi connectivity index (χ2v) is 7.57. The molecule has 0 heterocycles. The highest BCUT2D eigenvalue weighted by Crippen LogP contribution is 2.29. The maximum Gasteiger partial charge on any atom is 0.338 e. The van der Waals surface area contributed by atoms with E-state index < -0.39 is 5.97 Å². The first kappa shape index (κ1) is 20.4. The molecule has 5 heteroatoms. The fourth-order valence-electron chi connectivity index (χ4n) is 3.25. The Hall–Kier alpha value is -1.88. The predicted molar refractivity (Wildman–Crippen MR) is 101 cm³/mol. The van der Waals surface area contributed by atoms with Gasteiger partial charge in [-0.1, -0.05) is 38.8 Å². The van der Waals surface area contributed by atoms with Crippen LogP contribution >= 0.6 is 0 Å². The van der Waals surface area contributed by atoms with E-state index in [0.29, 0.717) is 24.0 Å². The number of amides is 1. The van der Waals surface area contributed by atoms with Crippen molar-refractivity contribution in [1.29, 1.82) is 0 Å². The minimum absolute atomic E-state index is 0.160. The zero-order valence-electron chi connectivity index (χ0n) is 16.3. The summed E-state index contributed by atoms with van der Waals surface area (Å²) in [4.78, 5) is 24.2. The van der Waals surface area contributed by atoms with Gasteiger partial charge < -0.3 is 14.8 Å². The predicted octanol–water partition coefficient (Wildman–Crippen LogP) is 3.71. The first-order valence-electron chi connectivity index (χ1n) is 9.54. The quantitative estimate of drug-likeness (QED) is 0.752. The van der Waals surface area contributed by atoms with Gasteiger partial charge in [-0.2, -0.15) is 0 Å². The second-order valence-electron chi connectivity index (χ2n) is 7.57. The van der Waals surface area contributed by atoms with E-state index in [0.717, 1.165) is 18.4 Å². The number of rotatable bonds is 7. The standard InChI is InChI=1S/C21H31NO4/c1-14(2)25-12-17-8-10-18(11-9-17)21(24)26-13-20(23)22-19-7-5-6-15(3)16(19)4/h8-11,14-16,19H,5-7,12-13H2,1-4H3,(H,22,23)/t15-,16-,19-/m1/s1. The molecule has 0 aromatic heterocycles. The molecule has 1 aromatic rings. The molecule has 0 aliphatic heterocycles. The molecule has 2 rings (SSSR count). The van der Waals surface area contributed by atoms with Crippen molar-refractivity contribution in [3.05, 3.63) is 35.4 Å². The van der Waals surface area contributed by atoms with Gasteiger partial charge in [0.2, 0.25) is 0 Å². The minimum atomic E-state index is -0.485. The van der Waals surface area contributed by atoms with Crippen LogP contribution in [-0.4, -0.2) is 30.6 Å². The molecule has 0 spiro atoms. The molecule has 1 aliphatic carbocycles. The third-order valence-corrected chi connectivity index (χ3v) is 5.16. The van der Waals surface area contributed by atoms with Gasteiger partial charge in [0.15, 0.2) is 6.61 Å². The molecule has 0 saturated heterocycles. The number of ether oxygens (including phenoxy) is 2. The molecule has 1 amide bonds. The van der Waals surface area contributed by atoms with Gasteiger partial charge in [-0.15, -0.1) is 0 Å². The van der Waals surface area contributed by atoms with E-state index in [-0.39, 0.29) is 24.7 Å². The summed E-state index contributed by atoms with van der Waals surface area (Å²) in [7, 11) is 0. The van der Waals surface area contributed by atoms with Crippen molar-refractivity contribution in [3.63, 3.8) is 0 Å². The van der Waals surface area contributed by atoms with Crippen LogP contribution in [0.4, 0.5) is 0 Å². The molecule has 0 unspecified atom stereocenters. The van der Waals surface area contributed by atoms with Crippen LogP contribution in [0.3, 0.4) is 0 Å². The van der Waals surface area contributed by atoms with Crippen LogP contribution < -0.4 is 5.32 Å². The van der Waals surface area contributed by atoms with E-state index in [1.807, 2.05) is 26.0 Å². The first-order chi connectivity index (χ1) is 12.4. The molecular formula is C21H31NO4. The van der Waals surface area contributed by atoms with Gasteiger partial charge in [-0.05, 0) is 49.8 Å². The number of hydrogen-bond acceptors (Lipinski definition) is 4. The van der Waals surface area contributed by atoms with Gasteiger partial charge >= 0.3 is 5.97 Å². The molecule has 0 bridgehead atoms. The smallest absolute Gasteiger partial charge is 0.338 e. The SMILES string of the molecule is CC(C)OCc1ccc(C(=O)OCC(=O)N[C@@H]2CCC[C@@H](C)[C@H]2C)cc1. The first-order valence-corrected chi connectivity index (χ1v) is 9.54. The molecular weight excluding hydrogens is 330 g/mol. The van der Waals surface area contributed by atoms with Crippen molar-refractivity contribution in [2.75, 3.05) is 6.61 Å². The topological polar surface area (TPSA) is 64.6 Å². The monoisotopic (exact) mass is 361 g/mol. The molecule has 1 saturated carbocycles. The lowest BCUT2D eigenvalue weighted by atomic mass is 9.78. The summed E-state index contributed by atoms with van der Waals surface area (Å²) in [5.41, 5.74) is 1.43. The van der Waals surface area contributed by atoms with Gasteiger partial charge in [0.05, 0.1) is 18.3 Å². The van der Waals surface area contributed by atoms with Gasteiger partial charge in [-0.3, -0.25) is 4.79 Å². The number of benzene rings is 1. The summed E-state index contributed by atoms with van der Waals surface area (Å²) in [5.74, 6) is 0.339. The molecule has 1 N–H and O–H groups in total. The highest BCUT2D eigenvalue weighted by atomic mass is 16.5. The van der Waals surface area contributed by atoms with Gasteiger partial charge in [0, 0.05) is 6.04 Å². The van der Waals surface area contributed by atoms with E-state index >= 15 is 0 Å². The zero-order valence-corrected chi connectivity index (χ0v) is 16.3. The Morgan fingerprint density at radius 3 is 2.50 bits per heavy atom. The van der Waals surface area contributed by atoms with E-state index in [2.05, 4.69) is 19.2 Å². The van der Waals surface area contributed by atoms with Gasteiger partial charge in [0.25, 0.3) is 5.91 Å². The molecule has 1 fully saturated rings. The lowest BCUT2D eigenvalue weighted by Gasteiger charge is -2.34. The van der Waals surface area contributed by atoms with Gasteiger partial charge in [-0.25, -0.2) is 4.79 Å². The highest BCUT2D eigenvalue weighted by molar-refractivity contribution is 5.91. The Morgan fingerprint density at radius 2 is 1.85 bits per heavy atom. The summed E-state index contributed by atoms with van der Waals surface area (Å²) in [5, 5.41) is 3.01. The minimum Gasteiger partial charge on any atom is -0.452 e. The van der Waals surface area contributed by atoms with Crippen molar-refractivity contribution < 1.29 is 19.1 Å². The molecule has 0 radical (unpaired) electrons. The Kier molecular flexibility index (Phi) is 7.64. The van der Waals surface area contributed by atoms with Crippen LogP contribution in [0.2, 0.25) is 0 Å². The summed E-state index contributed by atoms with van der Waals surface area (Å²) in [6.45, 7) is 8.61. The Morgan fingerprint density at radius 1 is 1.15 bits per heavy atom. The molecule has 5 nitrogen and oxygen atoms in total. The van der Waals surface area contributed by atoms with Crippen LogP contribution in [0.5, 0.6) is 0 Å². The van der Waals surface area contributed by atoms with Crippen molar-refractivity contribution in [3.8, 4) is 0 Å². The highest BCUT2D eigenvalue weighted by Gasteiger charge is 2.28. The van der Waals surface area contributed by atoms with E-state index in [9.17, 15) is 9.59 Å². The van der Waals surface area contributed by atoms with Crippen molar-refractivity contribution >= 4 is 11.9 Å². The van der Waals surface area contributed by atoms with Gasteiger partial charge in [0.1, 0.15) is 0 Å². The summed E-state index contributed by atoms with van der Waals surface area (Å²) < 4.78 is 10.7. The van der Waals surface area contributed by atoms with E-state index in [1.165, 1.54) is 6.42 Å². The van der Waals surface area contributed by atoms with Crippen LogP contribution in [0.15, 0.2) is 24.3 Å². The number of carbonyl (C=O) groups is 2. The summed E-state index contributed by atoms with van der Waals surface area (Å²) in [6.07, 6.45) is 3.49. The number of esters is 1. The third-order valence-electron chi connectivity index (χ3n) is 5.16.